The van der Waals surface area contributed by atoms with Crippen LogP contribution in [0.15, 0.2) is 30.3 Å². The van der Waals surface area contributed by atoms with E-state index in [1.807, 2.05) is 37.3 Å². The van der Waals surface area contributed by atoms with Gasteiger partial charge in [-0.3, -0.25) is 4.79 Å². The van der Waals surface area contributed by atoms with Crippen molar-refractivity contribution in [3.63, 3.8) is 0 Å². The SMILES string of the molecule is CCOCCNC(=O)N1CCC(C(=O)NCc2ccccc2)CC1. The number of urea groups is 1. The van der Waals surface area contributed by atoms with Gasteiger partial charge in [-0.25, -0.2) is 4.79 Å². The van der Waals surface area contributed by atoms with E-state index >= 15 is 0 Å². The van der Waals surface area contributed by atoms with Crippen molar-refractivity contribution in [2.45, 2.75) is 26.3 Å². The van der Waals surface area contributed by atoms with E-state index in [-0.39, 0.29) is 17.9 Å². The summed E-state index contributed by atoms with van der Waals surface area (Å²) in [5, 5.41) is 5.83. The van der Waals surface area contributed by atoms with E-state index in [1.54, 1.807) is 4.90 Å². The van der Waals surface area contributed by atoms with Gasteiger partial charge >= 0.3 is 6.03 Å². The summed E-state index contributed by atoms with van der Waals surface area (Å²) in [5.74, 6) is 0.0662. The number of amides is 3. The number of piperidine rings is 1. The van der Waals surface area contributed by atoms with Crippen molar-refractivity contribution < 1.29 is 14.3 Å². The van der Waals surface area contributed by atoms with Gasteiger partial charge in [0.1, 0.15) is 0 Å². The van der Waals surface area contributed by atoms with Gasteiger partial charge in [-0.15, -0.1) is 0 Å². The molecule has 2 rings (SSSR count). The van der Waals surface area contributed by atoms with Crippen LogP contribution >= 0.6 is 0 Å². The molecule has 6 heteroatoms. The minimum atomic E-state index is -0.0714. The molecular weight excluding hydrogens is 306 g/mol. The van der Waals surface area contributed by atoms with Crippen LogP contribution in [0.1, 0.15) is 25.3 Å². The number of carbonyl (C=O) groups is 2. The zero-order valence-corrected chi connectivity index (χ0v) is 14.3. The van der Waals surface area contributed by atoms with Gasteiger partial charge in [-0.2, -0.15) is 0 Å². The Hall–Kier alpha value is -2.08. The molecule has 1 aliphatic heterocycles. The van der Waals surface area contributed by atoms with E-state index in [0.29, 0.717) is 52.2 Å². The normalized spacial score (nSPS) is 15.1. The lowest BCUT2D eigenvalue weighted by atomic mass is 9.96. The summed E-state index contributed by atoms with van der Waals surface area (Å²) < 4.78 is 5.20. The molecule has 0 saturated carbocycles. The molecule has 2 N–H and O–H groups in total. The van der Waals surface area contributed by atoms with Crippen LogP contribution in [0, 0.1) is 5.92 Å². The number of nitrogens with zero attached hydrogens (tertiary/aromatic N) is 1. The minimum absolute atomic E-state index is 0.0128. The number of hydrogen-bond acceptors (Lipinski definition) is 3. The van der Waals surface area contributed by atoms with Gasteiger partial charge < -0.3 is 20.3 Å². The molecule has 0 aliphatic carbocycles. The topological polar surface area (TPSA) is 70.7 Å². The van der Waals surface area contributed by atoms with Gasteiger partial charge in [0, 0.05) is 38.7 Å². The Labute approximate surface area is 143 Å². The summed E-state index contributed by atoms with van der Waals surface area (Å²) in [6.07, 6.45) is 1.42. The Morgan fingerprint density at radius 1 is 1.17 bits per heavy atom. The molecule has 1 aromatic rings. The largest absolute Gasteiger partial charge is 0.380 e. The molecule has 1 heterocycles. The first-order chi connectivity index (χ1) is 11.7. The fourth-order valence-corrected chi connectivity index (χ4v) is 2.76. The highest BCUT2D eigenvalue weighted by molar-refractivity contribution is 5.79. The molecule has 6 nitrogen and oxygen atoms in total. The van der Waals surface area contributed by atoms with E-state index in [9.17, 15) is 9.59 Å². The summed E-state index contributed by atoms with van der Waals surface area (Å²) >= 11 is 0. The van der Waals surface area contributed by atoms with Crippen LogP contribution in [0.2, 0.25) is 0 Å². The number of likely N-dealkylation sites (tertiary alicyclic amines) is 1. The average molecular weight is 333 g/mol. The third-order valence-corrected chi connectivity index (χ3v) is 4.19. The fraction of sp³-hybridized carbons (Fsp3) is 0.556. The lowest BCUT2D eigenvalue weighted by Crippen LogP contribution is -2.47. The second-order valence-corrected chi connectivity index (χ2v) is 5.89. The molecular formula is C18H27N3O3. The predicted octanol–water partition coefficient (Wildman–Crippen LogP) is 1.76. The smallest absolute Gasteiger partial charge is 0.317 e. The van der Waals surface area contributed by atoms with E-state index in [0.717, 1.165) is 5.56 Å². The molecule has 24 heavy (non-hydrogen) atoms. The molecule has 0 radical (unpaired) electrons. The summed E-state index contributed by atoms with van der Waals surface area (Å²) in [6.45, 7) is 5.41. The van der Waals surface area contributed by atoms with Gasteiger partial charge in [0.15, 0.2) is 0 Å². The number of hydrogen-bond donors (Lipinski definition) is 2. The molecule has 0 bridgehead atoms. The number of nitrogens with one attached hydrogen (secondary N) is 2. The molecule has 0 atom stereocenters. The molecule has 1 aromatic carbocycles. The van der Waals surface area contributed by atoms with Crippen LogP contribution in [-0.2, 0) is 16.1 Å². The molecule has 0 unspecified atom stereocenters. The number of benzene rings is 1. The summed E-state index contributed by atoms with van der Waals surface area (Å²) in [6, 6.07) is 9.80. The molecule has 1 fully saturated rings. The summed E-state index contributed by atoms with van der Waals surface area (Å²) in [4.78, 5) is 26.0. The van der Waals surface area contributed by atoms with E-state index in [1.165, 1.54) is 0 Å². The maximum Gasteiger partial charge on any atom is 0.317 e. The zero-order valence-electron chi connectivity index (χ0n) is 14.3. The van der Waals surface area contributed by atoms with Crippen molar-refractivity contribution in [1.29, 1.82) is 0 Å². The first-order valence-electron chi connectivity index (χ1n) is 8.63. The molecule has 0 spiro atoms. The van der Waals surface area contributed by atoms with E-state index in [4.69, 9.17) is 4.74 Å². The second kappa shape index (κ2) is 9.93. The van der Waals surface area contributed by atoms with E-state index in [2.05, 4.69) is 10.6 Å². The highest BCUT2D eigenvalue weighted by Gasteiger charge is 2.26. The van der Waals surface area contributed by atoms with E-state index < -0.39 is 0 Å². The zero-order chi connectivity index (χ0) is 17.2. The Morgan fingerprint density at radius 2 is 1.88 bits per heavy atom. The summed E-state index contributed by atoms with van der Waals surface area (Å²) in [7, 11) is 0. The van der Waals surface area contributed by atoms with Crippen LogP contribution in [0.4, 0.5) is 4.79 Å². The van der Waals surface area contributed by atoms with Gasteiger partial charge in [0.25, 0.3) is 0 Å². The Morgan fingerprint density at radius 3 is 2.54 bits per heavy atom. The van der Waals surface area contributed by atoms with Gasteiger partial charge in [-0.05, 0) is 25.3 Å². The maximum atomic E-state index is 12.2. The van der Waals surface area contributed by atoms with Crippen LogP contribution in [0.25, 0.3) is 0 Å². The second-order valence-electron chi connectivity index (χ2n) is 5.89. The highest BCUT2D eigenvalue weighted by Crippen LogP contribution is 2.17. The standard InChI is InChI=1S/C18H27N3O3/c1-2-24-13-10-19-18(23)21-11-8-16(9-12-21)17(22)20-14-15-6-4-3-5-7-15/h3-7,16H,2,8-14H2,1H3,(H,19,23)(H,20,22). The van der Waals surface area contributed by atoms with Gasteiger partial charge in [-0.1, -0.05) is 30.3 Å². The lowest BCUT2D eigenvalue weighted by molar-refractivity contribution is -0.126. The first-order valence-corrected chi connectivity index (χ1v) is 8.63. The van der Waals surface area contributed by atoms with Crippen LogP contribution in [0.5, 0.6) is 0 Å². The highest BCUT2D eigenvalue weighted by atomic mass is 16.5. The fourth-order valence-electron chi connectivity index (χ4n) is 2.76. The predicted molar refractivity (Wildman–Crippen MR) is 92.5 cm³/mol. The summed E-state index contributed by atoms with van der Waals surface area (Å²) in [5.41, 5.74) is 1.09. The van der Waals surface area contributed by atoms with Gasteiger partial charge in [0.2, 0.25) is 5.91 Å². The molecule has 1 saturated heterocycles. The molecule has 3 amide bonds. The maximum absolute atomic E-state index is 12.2. The van der Waals surface area contributed by atoms with Crippen molar-refractivity contribution in [2.75, 3.05) is 32.8 Å². The van der Waals surface area contributed by atoms with Crippen LogP contribution in [-0.4, -0.2) is 49.7 Å². The third-order valence-electron chi connectivity index (χ3n) is 4.19. The first kappa shape index (κ1) is 18.3. The number of rotatable bonds is 7. The Bertz CT molecular complexity index is 514. The lowest BCUT2D eigenvalue weighted by Gasteiger charge is -2.31. The molecule has 132 valence electrons. The van der Waals surface area contributed by atoms with Crippen LogP contribution < -0.4 is 10.6 Å². The number of ether oxygens (including phenoxy) is 1. The van der Waals surface area contributed by atoms with Crippen molar-refractivity contribution >= 4 is 11.9 Å². The quantitative estimate of drug-likeness (QED) is 0.747. The Balaban J connectivity index is 1.66. The third kappa shape index (κ3) is 5.85. The minimum Gasteiger partial charge on any atom is -0.380 e. The number of carbonyl (C=O) groups excluding carboxylic acids is 2. The van der Waals surface area contributed by atoms with Crippen molar-refractivity contribution in [2.24, 2.45) is 5.92 Å². The molecule has 1 aliphatic rings. The monoisotopic (exact) mass is 333 g/mol. The van der Waals surface area contributed by atoms with Crippen molar-refractivity contribution in [3.8, 4) is 0 Å². The van der Waals surface area contributed by atoms with Crippen molar-refractivity contribution in [3.05, 3.63) is 35.9 Å². The van der Waals surface area contributed by atoms with Crippen molar-refractivity contribution in [1.82, 2.24) is 15.5 Å². The van der Waals surface area contributed by atoms with Gasteiger partial charge in [0.05, 0.1) is 6.61 Å². The van der Waals surface area contributed by atoms with Crippen LogP contribution in [0.3, 0.4) is 0 Å². The Kier molecular flexibility index (Phi) is 7.55. The molecule has 0 aromatic heterocycles. The average Bonchev–Trinajstić information content (AvgIpc) is 2.64.